The van der Waals surface area contributed by atoms with Crippen LogP contribution in [0.2, 0.25) is 10.0 Å². The van der Waals surface area contributed by atoms with Crippen LogP contribution in [-0.4, -0.2) is 44.3 Å². The van der Waals surface area contributed by atoms with E-state index in [9.17, 15) is 18.0 Å². The number of nitrogens with zero attached hydrogens (tertiary/aromatic N) is 2. The Hall–Kier alpha value is -2.59. The number of rotatable bonds is 11. The van der Waals surface area contributed by atoms with E-state index in [0.29, 0.717) is 27.8 Å². The molecule has 214 valence electrons. The molecule has 7 nitrogen and oxygen atoms in total. The fourth-order valence-corrected chi connectivity index (χ4v) is 6.06. The number of aryl methyl sites for hydroxylation is 1. The molecule has 0 heterocycles. The molecule has 2 amide bonds. The SMILES string of the molecule is Cc1ccc(S(=O)(=O)N(CC(=O)N(Cc2c(Cl)cccc2Cl)C(C)C(=O)NCC(C)C)c2ccc(Br)cc2)cc1. The van der Waals surface area contributed by atoms with Gasteiger partial charge in [-0.3, -0.25) is 13.9 Å². The molecule has 3 aromatic carbocycles. The monoisotopic (exact) mass is 667 g/mol. The van der Waals surface area contributed by atoms with Gasteiger partial charge in [0.2, 0.25) is 11.8 Å². The number of nitrogens with one attached hydrogen (secondary N) is 1. The maximum atomic E-state index is 14.0. The highest BCUT2D eigenvalue weighted by Gasteiger charge is 2.33. The fraction of sp³-hybridized carbons (Fsp3) is 0.310. The van der Waals surface area contributed by atoms with Gasteiger partial charge in [-0.15, -0.1) is 0 Å². The maximum absolute atomic E-state index is 14.0. The molecule has 0 spiro atoms. The van der Waals surface area contributed by atoms with Crippen molar-refractivity contribution in [1.82, 2.24) is 10.2 Å². The summed E-state index contributed by atoms with van der Waals surface area (Å²) in [7, 11) is -4.15. The number of amides is 2. The molecule has 0 aromatic heterocycles. The third-order valence-electron chi connectivity index (χ3n) is 6.24. The quantitative estimate of drug-likeness (QED) is 0.255. The first kappa shape index (κ1) is 31.9. The van der Waals surface area contributed by atoms with Gasteiger partial charge in [0, 0.05) is 33.2 Å². The van der Waals surface area contributed by atoms with Crippen molar-refractivity contribution in [2.24, 2.45) is 5.92 Å². The highest BCUT2D eigenvalue weighted by molar-refractivity contribution is 9.10. The molecule has 1 unspecified atom stereocenters. The van der Waals surface area contributed by atoms with Crippen LogP contribution < -0.4 is 9.62 Å². The molecule has 40 heavy (non-hydrogen) atoms. The Bertz CT molecular complexity index is 1430. The number of carbonyl (C=O) groups is 2. The van der Waals surface area contributed by atoms with E-state index < -0.39 is 28.5 Å². The van der Waals surface area contributed by atoms with Crippen LogP contribution in [0, 0.1) is 12.8 Å². The summed E-state index contributed by atoms with van der Waals surface area (Å²) in [5.41, 5.74) is 1.65. The Kier molecular flexibility index (Phi) is 11.1. The Balaban J connectivity index is 2.04. The molecule has 3 aromatic rings. The average molecular weight is 669 g/mol. The average Bonchev–Trinajstić information content (AvgIpc) is 2.90. The predicted molar refractivity (Wildman–Crippen MR) is 164 cm³/mol. The number of anilines is 1. The smallest absolute Gasteiger partial charge is 0.264 e. The topological polar surface area (TPSA) is 86.8 Å². The summed E-state index contributed by atoms with van der Waals surface area (Å²) in [6.07, 6.45) is 0. The molecule has 0 radical (unpaired) electrons. The van der Waals surface area contributed by atoms with Crippen molar-refractivity contribution in [3.8, 4) is 0 Å². The minimum atomic E-state index is -4.15. The van der Waals surface area contributed by atoms with Gasteiger partial charge in [-0.1, -0.05) is 76.7 Å². The number of hydrogen-bond donors (Lipinski definition) is 1. The first-order chi connectivity index (χ1) is 18.8. The molecular formula is C29H32BrCl2N3O4S. The molecule has 1 atom stereocenters. The van der Waals surface area contributed by atoms with Crippen molar-refractivity contribution in [1.29, 1.82) is 0 Å². The summed E-state index contributed by atoms with van der Waals surface area (Å²) < 4.78 is 29.5. The van der Waals surface area contributed by atoms with Crippen molar-refractivity contribution >= 4 is 66.7 Å². The number of sulfonamides is 1. The van der Waals surface area contributed by atoms with Crippen LogP contribution in [0.1, 0.15) is 31.9 Å². The summed E-state index contributed by atoms with van der Waals surface area (Å²) in [4.78, 5) is 28.4. The van der Waals surface area contributed by atoms with Crippen LogP contribution in [0.25, 0.3) is 0 Å². The van der Waals surface area contributed by atoms with Crippen molar-refractivity contribution in [3.63, 3.8) is 0 Å². The van der Waals surface area contributed by atoms with Gasteiger partial charge in [-0.2, -0.15) is 0 Å². The zero-order valence-electron chi connectivity index (χ0n) is 22.7. The van der Waals surface area contributed by atoms with E-state index in [0.717, 1.165) is 14.3 Å². The van der Waals surface area contributed by atoms with Gasteiger partial charge >= 0.3 is 0 Å². The van der Waals surface area contributed by atoms with E-state index in [4.69, 9.17) is 23.2 Å². The lowest BCUT2D eigenvalue weighted by Crippen LogP contribution is -2.51. The van der Waals surface area contributed by atoms with Crippen LogP contribution in [0.5, 0.6) is 0 Å². The van der Waals surface area contributed by atoms with Gasteiger partial charge in [-0.25, -0.2) is 8.42 Å². The molecule has 3 rings (SSSR count). The van der Waals surface area contributed by atoms with Crippen molar-refractivity contribution in [2.45, 2.75) is 45.2 Å². The lowest BCUT2D eigenvalue weighted by molar-refractivity contribution is -0.139. The fourth-order valence-electron chi connectivity index (χ4n) is 3.86. The molecular weight excluding hydrogens is 637 g/mol. The zero-order chi connectivity index (χ0) is 29.6. The second kappa shape index (κ2) is 13.9. The number of hydrogen-bond acceptors (Lipinski definition) is 4. The zero-order valence-corrected chi connectivity index (χ0v) is 26.6. The van der Waals surface area contributed by atoms with Gasteiger partial charge in [-0.05, 0) is 68.3 Å². The van der Waals surface area contributed by atoms with Gasteiger partial charge in [0.05, 0.1) is 10.6 Å². The minimum absolute atomic E-state index is 0.0391. The Morgan fingerprint density at radius 3 is 2.05 bits per heavy atom. The van der Waals surface area contributed by atoms with Crippen LogP contribution in [0.3, 0.4) is 0 Å². The third-order valence-corrected chi connectivity index (χ3v) is 9.27. The molecule has 0 aliphatic carbocycles. The first-order valence-electron chi connectivity index (χ1n) is 12.7. The first-order valence-corrected chi connectivity index (χ1v) is 15.6. The number of halogens is 3. The number of carbonyl (C=O) groups excluding carboxylic acids is 2. The molecule has 0 aliphatic rings. The Labute approximate surface area is 254 Å². The summed E-state index contributed by atoms with van der Waals surface area (Å²) in [5, 5.41) is 3.51. The van der Waals surface area contributed by atoms with Crippen LogP contribution in [-0.2, 0) is 26.2 Å². The highest BCUT2D eigenvalue weighted by atomic mass is 79.9. The van der Waals surface area contributed by atoms with Gasteiger partial charge in [0.25, 0.3) is 10.0 Å². The van der Waals surface area contributed by atoms with Gasteiger partial charge < -0.3 is 10.2 Å². The second-order valence-electron chi connectivity index (χ2n) is 9.84. The molecule has 0 fully saturated rings. The lowest BCUT2D eigenvalue weighted by atomic mass is 10.1. The lowest BCUT2D eigenvalue weighted by Gasteiger charge is -2.32. The molecule has 0 aliphatic heterocycles. The second-order valence-corrected chi connectivity index (χ2v) is 13.4. The molecule has 0 saturated heterocycles. The summed E-state index contributed by atoms with van der Waals surface area (Å²) in [5.74, 6) is -0.769. The predicted octanol–water partition coefficient (Wildman–Crippen LogP) is 6.45. The van der Waals surface area contributed by atoms with E-state index >= 15 is 0 Å². The summed E-state index contributed by atoms with van der Waals surface area (Å²) in [6, 6.07) is 17.0. The molecule has 0 saturated carbocycles. The van der Waals surface area contributed by atoms with Crippen LogP contribution in [0.15, 0.2) is 76.1 Å². The van der Waals surface area contributed by atoms with E-state index in [-0.39, 0.29) is 23.3 Å². The van der Waals surface area contributed by atoms with Crippen molar-refractivity contribution < 1.29 is 18.0 Å². The van der Waals surface area contributed by atoms with Crippen LogP contribution >= 0.6 is 39.1 Å². The standard InChI is InChI=1S/C29H32BrCl2N3O4S/c1-19(2)16-33-29(37)21(4)34(17-25-26(31)6-5-7-27(25)32)28(36)18-35(23-12-10-22(30)11-13-23)40(38,39)24-14-8-20(3)9-15-24/h5-15,19,21H,16-18H2,1-4H3,(H,33,37). The van der Waals surface area contributed by atoms with E-state index in [1.54, 1.807) is 61.5 Å². The third kappa shape index (κ3) is 8.00. The van der Waals surface area contributed by atoms with Crippen molar-refractivity contribution in [3.05, 3.63) is 92.4 Å². The largest absolute Gasteiger partial charge is 0.354 e. The van der Waals surface area contributed by atoms with E-state index in [1.807, 2.05) is 20.8 Å². The molecule has 11 heteroatoms. The minimum Gasteiger partial charge on any atom is -0.354 e. The molecule has 0 bridgehead atoms. The highest BCUT2D eigenvalue weighted by Crippen LogP contribution is 2.29. The summed E-state index contributed by atoms with van der Waals surface area (Å²) >= 11 is 16.2. The van der Waals surface area contributed by atoms with Gasteiger partial charge in [0.15, 0.2) is 0 Å². The van der Waals surface area contributed by atoms with E-state index in [1.165, 1.54) is 17.0 Å². The van der Waals surface area contributed by atoms with Crippen molar-refractivity contribution in [2.75, 3.05) is 17.4 Å². The molecule has 1 N–H and O–H groups in total. The van der Waals surface area contributed by atoms with Gasteiger partial charge in [0.1, 0.15) is 12.6 Å². The Morgan fingerprint density at radius 1 is 0.925 bits per heavy atom. The summed E-state index contributed by atoms with van der Waals surface area (Å²) in [6.45, 7) is 7.15. The number of benzene rings is 3. The maximum Gasteiger partial charge on any atom is 0.264 e. The van der Waals surface area contributed by atoms with E-state index in [2.05, 4.69) is 21.2 Å². The Morgan fingerprint density at radius 2 is 1.50 bits per heavy atom. The van der Waals surface area contributed by atoms with Crippen LogP contribution in [0.4, 0.5) is 5.69 Å². The normalized spacial score (nSPS) is 12.2.